The fraction of sp³-hybridized carbons (Fsp3) is 0.500. The molecule has 1 aromatic rings. The Balaban J connectivity index is 2.29. The van der Waals surface area contributed by atoms with Gasteiger partial charge >= 0.3 is 0 Å². The number of nitrogens with zero attached hydrogens (tertiary/aromatic N) is 1. The quantitative estimate of drug-likeness (QED) is 0.850. The summed E-state index contributed by atoms with van der Waals surface area (Å²) >= 11 is 0. The number of carbonyl (C=O) groups is 2. The normalized spacial score (nSPS) is 23.5. The average Bonchev–Trinajstić information content (AvgIpc) is 2.64. The first kappa shape index (κ1) is 14.7. The van der Waals surface area contributed by atoms with Crippen molar-refractivity contribution in [2.24, 2.45) is 11.1 Å². The monoisotopic (exact) mass is 274 g/mol. The summed E-state index contributed by atoms with van der Waals surface area (Å²) in [4.78, 5) is 26.3. The van der Waals surface area contributed by atoms with E-state index in [4.69, 9.17) is 5.73 Å². The van der Waals surface area contributed by atoms with Crippen molar-refractivity contribution in [3.8, 4) is 0 Å². The number of hydrogen-bond donors (Lipinski definition) is 1. The molecule has 2 rings (SSSR count). The number of nitrogens with two attached hydrogens (primary N) is 1. The van der Waals surface area contributed by atoms with E-state index in [-0.39, 0.29) is 23.7 Å². The van der Waals surface area contributed by atoms with Crippen LogP contribution in [0.5, 0.6) is 0 Å². The highest BCUT2D eigenvalue weighted by molar-refractivity contribution is 6.08. The third kappa shape index (κ3) is 2.48. The van der Waals surface area contributed by atoms with Gasteiger partial charge in [-0.3, -0.25) is 14.5 Å². The second-order valence-corrected chi connectivity index (χ2v) is 6.53. The number of imide groups is 1. The van der Waals surface area contributed by atoms with Gasteiger partial charge in [0.2, 0.25) is 11.8 Å². The van der Waals surface area contributed by atoms with Crippen LogP contribution >= 0.6 is 0 Å². The fourth-order valence-corrected chi connectivity index (χ4v) is 2.57. The predicted molar refractivity (Wildman–Crippen MR) is 78.0 cm³/mol. The smallest absolute Gasteiger partial charge is 0.240 e. The third-order valence-electron chi connectivity index (χ3n) is 4.07. The minimum atomic E-state index is -0.747. The van der Waals surface area contributed by atoms with Crippen LogP contribution in [0.1, 0.15) is 32.8 Å². The van der Waals surface area contributed by atoms with E-state index in [9.17, 15) is 9.59 Å². The van der Waals surface area contributed by atoms with Gasteiger partial charge in [0, 0.05) is 13.0 Å². The second-order valence-electron chi connectivity index (χ2n) is 6.53. The summed E-state index contributed by atoms with van der Waals surface area (Å²) in [6.45, 7) is 6.59. The zero-order valence-corrected chi connectivity index (χ0v) is 12.3. The summed E-state index contributed by atoms with van der Waals surface area (Å²) in [5.74, 6) is -0.224. The number of amides is 2. The first-order chi connectivity index (χ1) is 9.30. The van der Waals surface area contributed by atoms with Gasteiger partial charge in [0.15, 0.2) is 0 Å². The molecule has 1 saturated heterocycles. The fourth-order valence-electron chi connectivity index (χ4n) is 2.57. The van der Waals surface area contributed by atoms with Crippen molar-refractivity contribution in [2.45, 2.75) is 32.6 Å². The molecule has 1 unspecified atom stereocenters. The molecule has 1 fully saturated rings. The average molecular weight is 274 g/mol. The van der Waals surface area contributed by atoms with E-state index in [1.807, 2.05) is 51.1 Å². The first-order valence-corrected chi connectivity index (χ1v) is 6.90. The van der Waals surface area contributed by atoms with Crippen LogP contribution in [0.2, 0.25) is 0 Å². The summed E-state index contributed by atoms with van der Waals surface area (Å²) in [5, 5.41) is 0. The van der Waals surface area contributed by atoms with Crippen LogP contribution in [0.25, 0.3) is 0 Å². The Labute approximate surface area is 119 Å². The van der Waals surface area contributed by atoms with E-state index in [1.54, 1.807) is 0 Å². The number of benzene rings is 1. The molecule has 1 aliphatic heterocycles. The lowest BCUT2D eigenvalue weighted by Gasteiger charge is -2.29. The van der Waals surface area contributed by atoms with Gasteiger partial charge in [-0.25, -0.2) is 0 Å². The lowest BCUT2D eigenvalue weighted by molar-refractivity contribution is -0.141. The van der Waals surface area contributed by atoms with Gasteiger partial charge in [-0.15, -0.1) is 0 Å². The van der Waals surface area contributed by atoms with Crippen LogP contribution in [0.3, 0.4) is 0 Å². The Hall–Kier alpha value is -1.68. The predicted octanol–water partition coefficient (Wildman–Crippen LogP) is 1.69. The van der Waals surface area contributed by atoms with Crippen molar-refractivity contribution in [3.63, 3.8) is 0 Å². The molecule has 0 radical (unpaired) electrons. The standard InChI is InChI=1S/C16H22N2O2/c1-15(2,10-17)11-18-13(19)9-16(3,14(18)20)12-7-5-4-6-8-12/h4-8H,9-11,17H2,1-3H3. The lowest BCUT2D eigenvalue weighted by Crippen LogP contribution is -2.44. The molecule has 0 spiro atoms. The Morgan fingerprint density at radius 1 is 1.25 bits per heavy atom. The van der Waals surface area contributed by atoms with Crippen LogP contribution < -0.4 is 5.73 Å². The largest absolute Gasteiger partial charge is 0.330 e. The van der Waals surface area contributed by atoms with Gasteiger partial charge in [-0.1, -0.05) is 44.2 Å². The van der Waals surface area contributed by atoms with Crippen LogP contribution in [-0.4, -0.2) is 29.8 Å². The Morgan fingerprint density at radius 2 is 1.85 bits per heavy atom. The molecule has 1 aromatic carbocycles. The van der Waals surface area contributed by atoms with Crippen molar-refractivity contribution in [1.82, 2.24) is 4.90 Å². The van der Waals surface area contributed by atoms with Crippen LogP contribution in [-0.2, 0) is 15.0 Å². The molecular formula is C16H22N2O2. The second kappa shape index (κ2) is 5.02. The molecule has 2 amide bonds. The van der Waals surface area contributed by atoms with Gasteiger partial charge < -0.3 is 5.73 Å². The lowest BCUT2D eigenvalue weighted by atomic mass is 9.81. The highest BCUT2D eigenvalue weighted by Gasteiger charge is 2.50. The molecule has 4 nitrogen and oxygen atoms in total. The molecule has 0 aromatic heterocycles. The summed E-state index contributed by atoms with van der Waals surface area (Å²) < 4.78 is 0. The maximum absolute atomic E-state index is 12.7. The molecule has 20 heavy (non-hydrogen) atoms. The highest BCUT2D eigenvalue weighted by atomic mass is 16.2. The minimum absolute atomic E-state index is 0.108. The van der Waals surface area contributed by atoms with E-state index in [1.165, 1.54) is 4.90 Å². The van der Waals surface area contributed by atoms with Crippen molar-refractivity contribution >= 4 is 11.8 Å². The Morgan fingerprint density at radius 3 is 2.40 bits per heavy atom. The first-order valence-electron chi connectivity index (χ1n) is 6.90. The maximum Gasteiger partial charge on any atom is 0.240 e. The zero-order chi connectivity index (χ0) is 15.0. The Bertz CT molecular complexity index is 525. The summed E-state index contributed by atoms with van der Waals surface area (Å²) in [5.41, 5.74) is 5.60. The number of rotatable bonds is 4. The SMILES string of the molecule is CC(C)(CN)CN1C(=O)CC(C)(c2ccccc2)C1=O. The summed E-state index contributed by atoms with van der Waals surface area (Å²) in [7, 11) is 0. The van der Waals surface area contributed by atoms with E-state index < -0.39 is 5.41 Å². The van der Waals surface area contributed by atoms with Crippen molar-refractivity contribution in [1.29, 1.82) is 0 Å². The molecule has 4 heteroatoms. The highest BCUT2D eigenvalue weighted by Crippen LogP contribution is 2.37. The summed E-state index contributed by atoms with van der Waals surface area (Å²) in [6.07, 6.45) is 0.233. The van der Waals surface area contributed by atoms with Crippen molar-refractivity contribution < 1.29 is 9.59 Å². The van der Waals surface area contributed by atoms with Gasteiger partial charge in [0.25, 0.3) is 0 Å². The topological polar surface area (TPSA) is 63.4 Å². The third-order valence-corrected chi connectivity index (χ3v) is 4.07. The molecule has 0 bridgehead atoms. The van der Waals surface area contributed by atoms with Crippen LogP contribution in [0.15, 0.2) is 30.3 Å². The molecule has 1 atom stereocenters. The molecule has 1 aliphatic rings. The summed E-state index contributed by atoms with van der Waals surface area (Å²) in [6, 6.07) is 9.50. The van der Waals surface area contributed by atoms with Crippen LogP contribution in [0, 0.1) is 5.41 Å². The Kier molecular flexibility index (Phi) is 3.69. The number of hydrogen-bond acceptors (Lipinski definition) is 3. The van der Waals surface area contributed by atoms with Crippen molar-refractivity contribution in [2.75, 3.05) is 13.1 Å². The molecule has 1 heterocycles. The molecule has 108 valence electrons. The zero-order valence-electron chi connectivity index (χ0n) is 12.3. The maximum atomic E-state index is 12.7. The van der Waals surface area contributed by atoms with Crippen molar-refractivity contribution in [3.05, 3.63) is 35.9 Å². The van der Waals surface area contributed by atoms with Gasteiger partial charge in [-0.05, 0) is 24.4 Å². The van der Waals surface area contributed by atoms with E-state index in [2.05, 4.69) is 0 Å². The molecule has 2 N–H and O–H groups in total. The number of likely N-dealkylation sites (tertiary alicyclic amines) is 1. The molecular weight excluding hydrogens is 252 g/mol. The number of carbonyl (C=O) groups excluding carboxylic acids is 2. The van der Waals surface area contributed by atoms with Gasteiger partial charge in [0.1, 0.15) is 0 Å². The van der Waals surface area contributed by atoms with E-state index in [0.717, 1.165) is 5.56 Å². The minimum Gasteiger partial charge on any atom is -0.330 e. The van der Waals surface area contributed by atoms with Gasteiger partial charge in [-0.2, -0.15) is 0 Å². The van der Waals surface area contributed by atoms with E-state index in [0.29, 0.717) is 13.1 Å². The molecule has 0 aliphatic carbocycles. The van der Waals surface area contributed by atoms with E-state index >= 15 is 0 Å². The van der Waals surface area contributed by atoms with Gasteiger partial charge in [0.05, 0.1) is 5.41 Å². The molecule has 0 saturated carbocycles. The van der Waals surface area contributed by atoms with Crippen LogP contribution in [0.4, 0.5) is 0 Å².